The number of thiol groups is 1. The van der Waals surface area contributed by atoms with E-state index in [0.29, 0.717) is 10.7 Å². The fraction of sp³-hybridized carbons (Fsp3) is 0.364. The molecule has 1 rings (SSSR count). The molecule has 0 aliphatic carbocycles. The molecule has 1 unspecified atom stereocenters. The van der Waals surface area contributed by atoms with E-state index in [4.69, 9.17) is 11.6 Å². The molecule has 88 valence electrons. The van der Waals surface area contributed by atoms with Crippen LogP contribution in [0, 0.1) is 5.92 Å². The highest BCUT2D eigenvalue weighted by molar-refractivity contribution is 9.10. The molecule has 1 atom stereocenters. The molecular formula is C11H13BrClNOS. The molecule has 0 aliphatic rings. The fourth-order valence-corrected chi connectivity index (χ4v) is 1.69. The number of hydrogen-bond donors (Lipinski definition) is 2. The Kier molecular flexibility index (Phi) is 5.15. The lowest BCUT2D eigenvalue weighted by atomic mass is 10.1. The quantitative estimate of drug-likeness (QED) is 0.809. The average Bonchev–Trinajstić information content (AvgIpc) is 2.22. The summed E-state index contributed by atoms with van der Waals surface area (Å²) in [5, 5.41) is 2.93. The van der Waals surface area contributed by atoms with Gasteiger partial charge in [0, 0.05) is 4.47 Å². The SMILES string of the molecule is CC(C)C(S)C(=O)Nc1cc(Br)ccc1Cl. The first-order chi connectivity index (χ1) is 7.41. The van der Waals surface area contributed by atoms with Crippen molar-refractivity contribution in [1.29, 1.82) is 0 Å². The third-order valence-corrected chi connectivity index (χ3v) is 3.74. The van der Waals surface area contributed by atoms with Crippen LogP contribution in [0.1, 0.15) is 13.8 Å². The molecule has 1 aromatic carbocycles. The summed E-state index contributed by atoms with van der Waals surface area (Å²) in [6, 6.07) is 5.31. The van der Waals surface area contributed by atoms with Crippen molar-refractivity contribution in [2.45, 2.75) is 19.1 Å². The van der Waals surface area contributed by atoms with Crippen molar-refractivity contribution in [2.75, 3.05) is 5.32 Å². The first-order valence-corrected chi connectivity index (χ1v) is 6.54. The Morgan fingerprint density at radius 1 is 1.50 bits per heavy atom. The Morgan fingerprint density at radius 2 is 2.12 bits per heavy atom. The lowest BCUT2D eigenvalue weighted by molar-refractivity contribution is -0.116. The molecule has 1 aromatic rings. The van der Waals surface area contributed by atoms with Crippen molar-refractivity contribution in [3.8, 4) is 0 Å². The van der Waals surface area contributed by atoms with Crippen LogP contribution in [-0.4, -0.2) is 11.2 Å². The van der Waals surface area contributed by atoms with Crippen molar-refractivity contribution in [3.05, 3.63) is 27.7 Å². The Bertz CT molecular complexity index is 398. The Balaban J connectivity index is 2.80. The molecular weight excluding hydrogens is 310 g/mol. The average molecular weight is 323 g/mol. The Labute approximate surface area is 114 Å². The topological polar surface area (TPSA) is 29.1 Å². The number of rotatable bonds is 3. The zero-order chi connectivity index (χ0) is 12.3. The van der Waals surface area contributed by atoms with E-state index in [0.717, 1.165) is 4.47 Å². The van der Waals surface area contributed by atoms with E-state index in [1.807, 2.05) is 19.9 Å². The highest BCUT2D eigenvalue weighted by Crippen LogP contribution is 2.26. The monoisotopic (exact) mass is 321 g/mol. The Hall–Kier alpha value is -0.190. The van der Waals surface area contributed by atoms with Crippen LogP contribution in [0.3, 0.4) is 0 Å². The van der Waals surface area contributed by atoms with Crippen molar-refractivity contribution in [3.63, 3.8) is 0 Å². The van der Waals surface area contributed by atoms with Gasteiger partial charge in [-0.1, -0.05) is 41.4 Å². The summed E-state index contributed by atoms with van der Waals surface area (Å²) in [6.45, 7) is 3.89. The van der Waals surface area contributed by atoms with Gasteiger partial charge < -0.3 is 5.32 Å². The molecule has 0 aliphatic heterocycles. The minimum Gasteiger partial charge on any atom is -0.324 e. The summed E-state index contributed by atoms with van der Waals surface area (Å²) in [7, 11) is 0. The van der Waals surface area contributed by atoms with E-state index in [1.165, 1.54) is 0 Å². The van der Waals surface area contributed by atoms with Crippen LogP contribution in [-0.2, 0) is 4.79 Å². The van der Waals surface area contributed by atoms with E-state index >= 15 is 0 Å². The lowest BCUT2D eigenvalue weighted by Gasteiger charge is -2.15. The fourth-order valence-electron chi connectivity index (χ4n) is 1.10. The Morgan fingerprint density at radius 3 is 2.69 bits per heavy atom. The first-order valence-electron chi connectivity index (χ1n) is 4.86. The number of benzene rings is 1. The van der Waals surface area contributed by atoms with Gasteiger partial charge in [-0.15, -0.1) is 0 Å². The number of anilines is 1. The number of nitrogens with one attached hydrogen (secondary N) is 1. The van der Waals surface area contributed by atoms with E-state index in [9.17, 15) is 4.79 Å². The number of carbonyl (C=O) groups excluding carboxylic acids is 1. The number of amides is 1. The molecule has 0 radical (unpaired) electrons. The molecule has 2 nitrogen and oxygen atoms in total. The maximum atomic E-state index is 11.8. The van der Waals surface area contributed by atoms with Crippen LogP contribution in [0.25, 0.3) is 0 Å². The summed E-state index contributed by atoms with van der Waals surface area (Å²) in [4.78, 5) is 11.8. The van der Waals surface area contributed by atoms with Crippen molar-refractivity contribution < 1.29 is 4.79 Å². The molecule has 0 heterocycles. The zero-order valence-electron chi connectivity index (χ0n) is 9.00. The summed E-state index contributed by atoms with van der Waals surface area (Å²) in [5.74, 6) is 0.0348. The van der Waals surface area contributed by atoms with Gasteiger partial charge in [-0.25, -0.2) is 0 Å². The van der Waals surface area contributed by atoms with Crippen molar-refractivity contribution in [1.82, 2.24) is 0 Å². The molecule has 0 bridgehead atoms. The van der Waals surface area contributed by atoms with Gasteiger partial charge in [0.25, 0.3) is 0 Å². The van der Waals surface area contributed by atoms with Crippen molar-refractivity contribution in [2.24, 2.45) is 5.92 Å². The van der Waals surface area contributed by atoms with Crippen LogP contribution < -0.4 is 5.32 Å². The molecule has 0 spiro atoms. The standard InChI is InChI=1S/C11H13BrClNOS/c1-6(2)10(16)11(15)14-9-5-7(12)3-4-8(9)13/h3-6,10,16H,1-2H3,(H,14,15). The van der Waals surface area contributed by atoms with Crippen molar-refractivity contribution >= 4 is 51.8 Å². The summed E-state index contributed by atoms with van der Waals surface area (Å²) in [6.07, 6.45) is 0. The highest BCUT2D eigenvalue weighted by atomic mass is 79.9. The van der Waals surface area contributed by atoms with Crippen LogP contribution in [0.5, 0.6) is 0 Å². The maximum Gasteiger partial charge on any atom is 0.237 e. The second kappa shape index (κ2) is 5.94. The number of carbonyl (C=O) groups is 1. The van der Waals surface area contributed by atoms with E-state index in [1.54, 1.807) is 12.1 Å². The van der Waals surface area contributed by atoms with Crippen LogP contribution in [0.4, 0.5) is 5.69 Å². The van der Waals surface area contributed by atoms with Crippen LogP contribution >= 0.6 is 40.2 Å². The van der Waals surface area contributed by atoms with E-state index in [2.05, 4.69) is 33.9 Å². The summed E-state index contributed by atoms with van der Waals surface area (Å²) >= 11 is 13.5. The molecule has 0 fully saturated rings. The molecule has 0 saturated heterocycles. The van der Waals surface area contributed by atoms with Gasteiger partial charge in [0.15, 0.2) is 0 Å². The normalized spacial score (nSPS) is 12.6. The molecule has 5 heteroatoms. The largest absolute Gasteiger partial charge is 0.324 e. The number of halogens is 2. The molecule has 16 heavy (non-hydrogen) atoms. The predicted octanol–water partition coefficient (Wildman–Crippen LogP) is 4.00. The van der Waals surface area contributed by atoms with Gasteiger partial charge in [-0.05, 0) is 24.1 Å². The van der Waals surface area contributed by atoms with Crippen LogP contribution in [0.15, 0.2) is 22.7 Å². The molecule has 0 aromatic heterocycles. The van der Waals surface area contributed by atoms with E-state index < -0.39 is 0 Å². The molecule has 0 saturated carbocycles. The first kappa shape index (κ1) is 13.9. The third kappa shape index (κ3) is 3.68. The van der Waals surface area contributed by atoms with Gasteiger partial charge >= 0.3 is 0 Å². The maximum absolute atomic E-state index is 11.8. The zero-order valence-corrected chi connectivity index (χ0v) is 12.2. The summed E-state index contributed by atoms with van der Waals surface area (Å²) in [5.41, 5.74) is 0.598. The van der Waals surface area contributed by atoms with Gasteiger partial charge in [0.05, 0.1) is 16.0 Å². The predicted molar refractivity (Wildman–Crippen MR) is 75.4 cm³/mol. The van der Waals surface area contributed by atoms with Gasteiger partial charge in [-0.2, -0.15) is 12.6 Å². The molecule has 1 amide bonds. The highest BCUT2D eigenvalue weighted by Gasteiger charge is 2.18. The third-order valence-electron chi connectivity index (χ3n) is 2.09. The summed E-state index contributed by atoms with van der Waals surface area (Å²) < 4.78 is 0.868. The minimum atomic E-state index is -0.338. The van der Waals surface area contributed by atoms with Gasteiger partial charge in [0.2, 0.25) is 5.91 Å². The van der Waals surface area contributed by atoms with Crippen LogP contribution in [0.2, 0.25) is 5.02 Å². The molecule has 1 N–H and O–H groups in total. The minimum absolute atomic E-state index is 0.140. The van der Waals surface area contributed by atoms with E-state index in [-0.39, 0.29) is 17.1 Å². The second-order valence-electron chi connectivity index (χ2n) is 3.80. The second-order valence-corrected chi connectivity index (χ2v) is 5.68. The van der Waals surface area contributed by atoms with Gasteiger partial charge in [-0.3, -0.25) is 4.79 Å². The lowest BCUT2D eigenvalue weighted by Crippen LogP contribution is -2.27. The smallest absolute Gasteiger partial charge is 0.237 e. The van der Waals surface area contributed by atoms with Gasteiger partial charge in [0.1, 0.15) is 0 Å². The number of hydrogen-bond acceptors (Lipinski definition) is 2.